The van der Waals surface area contributed by atoms with Gasteiger partial charge < -0.3 is 9.53 Å². The van der Waals surface area contributed by atoms with E-state index in [-0.39, 0.29) is 29.2 Å². The van der Waals surface area contributed by atoms with E-state index in [0.29, 0.717) is 5.56 Å². The highest BCUT2D eigenvalue weighted by Crippen LogP contribution is 2.36. The summed E-state index contributed by atoms with van der Waals surface area (Å²) in [7, 11) is -1.19. The van der Waals surface area contributed by atoms with Gasteiger partial charge in [0.15, 0.2) is 9.04 Å². The van der Waals surface area contributed by atoms with E-state index in [9.17, 15) is 9.59 Å². The summed E-state index contributed by atoms with van der Waals surface area (Å²) >= 11 is 0. The van der Waals surface area contributed by atoms with Crippen LogP contribution in [0.1, 0.15) is 38.0 Å². The Morgan fingerprint density at radius 3 is 1.68 bits per heavy atom. The first kappa shape index (κ1) is 28.1. The Bertz CT molecular complexity index is 1390. The lowest BCUT2D eigenvalue weighted by Crippen LogP contribution is -2.28. The maximum Gasteiger partial charge on any atom is 0.255 e. The van der Waals surface area contributed by atoms with Gasteiger partial charge in [0.2, 0.25) is 0 Å². The molecule has 4 rings (SSSR count). The minimum atomic E-state index is -1.19. The predicted octanol–water partition coefficient (Wildman–Crippen LogP) is 5.25. The summed E-state index contributed by atoms with van der Waals surface area (Å²) in [4.78, 5) is 24.1. The fraction of sp³-hybridized carbons (Fsp3) is 0.267. The molecule has 0 aliphatic rings. The highest BCUT2D eigenvalue weighted by atomic mass is 28.3. The van der Waals surface area contributed by atoms with E-state index >= 15 is 0 Å². The Hall–Kier alpha value is -3.52. The predicted molar refractivity (Wildman–Crippen MR) is 152 cm³/mol. The number of hydrogen-bond acceptors (Lipinski definition) is 4. The molecule has 7 heteroatoms. The molecule has 0 aliphatic heterocycles. The van der Waals surface area contributed by atoms with E-state index in [4.69, 9.17) is 9.53 Å². The molecular formula is C30H36N2O4Si. The molecule has 1 N–H and O–H groups in total. The molecule has 6 nitrogen and oxygen atoms in total. The molecule has 0 spiro atoms. The van der Waals surface area contributed by atoms with E-state index in [1.165, 1.54) is 6.07 Å². The SMILES string of the molecule is C[SiH](C)OC(c1ccn(-c2ccccc2)c(=O)c1)C(C)(C)C.O=c1cc(CO)ccn1-c1ccccc1. The van der Waals surface area contributed by atoms with Crippen LogP contribution in [-0.2, 0) is 11.0 Å². The number of benzene rings is 2. The van der Waals surface area contributed by atoms with Crippen LogP contribution in [0.3, 0.4) is 0 Å². The van der Waals surface area contributed by atoms with Crippen molar-refractivity contribution in [3.8, 4) is 11.4 Å². The fourth-order valence-electron chi connectivity index (χ4n) is 3.93. The average molecular weight is 517 g/mol. The summed E-state index contributed by atoms with van der Waals surface area (Å²) in [6, 6.07) is 25.9. The monoisotopic (exact) mass is 516 g/mol. The summed E-state index contributed by atoms with van der Waals surface area (Å²) in [5, 5.41) is 8.88. The number of aliphatic hydroxyl groups excluding tert-OH is 1. The molecule has 2 heterocycles. The number of aliphatic hydroxyl groups is 1. The first-order valence-corrected chi connectivity index (χ1v) is 15.2. The molecule has 0 saturated heterocycles. The topological polar surface area (TPSA) is 73.5 Å². The largest absolute Gasteiger partial charge is 0.413 e. The van der Waals surface area contributed by atoms with Crippen molar-refractivity contribution < 1.29 is 9.53 Å². The lowest BCUT2D eigenvalue weighted by atomic mass is 9.85. The standard InChI is InChI=1S/C18H25NO2Si.C12H11NO2/c1-18(2,3)17(21-22(4)5)14-11-12-19(16(20)13-14)15-9-7-6-8-10-15;14-9-10-6-7-13(12(15)8-10)11-4-2-1-3-5-11/h6-13,17,22H,1-5H3;1-8,14H,9H2. The van der Waals surface area contributed by atoms with Crippen LogP contribution in [0.4, 0.5) is 0 Å². The molecule has 194 valence electrons. The normalized spacial score (nSPS) is 12.1. The van der Waals surface area contributed by atoms with Crippen molar-refractivity contribution in [1.29, 1.82) is 0 Å². The number of rotatable bonds is 6. The van der Waals surface area contributed by atoms with Gasteiger partial charge in [-0.3, -0.25) is 18.7 Å². The Kier molecular flexibility index (Phi) is 9.58. The molecule has 0 amide bonds. The Balaban J connectivity index is 0.000000220. The van der Waals surface area contributed by atoms with Gasteiger partial charge in [-0.2, -0.15) is 0 Å². The lowest BCUT2D eigenvalue weighted by Gasteiger charge is -2.33. The van der Waals surface area contributed by atoms with Crippen LogP contribution in [0.15, 0.2) is 107 Å². The van der Waals surface area contributed by atoms with Gasteiger partial charge in [-0.1, -0.05) is 57.2 Å². The van der Waals surface area contributed by atoms with Crippen LogP contribution in [-0.4, -0.2) is 23.3 Å². The zero-order valence-electron chi connectivity index (χ0n) is 22.2. The minimum Gasteiger partial charge on any atom is -0.413 e. The van der Waals surface area contributed by atoms with Gasteiger partial charge in [0.05, 0.1) is 12.7 Å². The molecule has 4 aromatic rings. The Morgan fingerprint density at radius 1 is 0.784 bits per heavy atom. The maximum atomic E-state index is 12.5. The highest BCUT2D eigenvalue weighted by Gasteiger charge is 2.28. The molecule has 0 aliphatic carbocycles. The Labute approximate surface area is 220 Å². The van der Waals surface area contributed by atoms with Gasteiger partial charge in [0, 0.05) is 35.9 Å². The summed E-state index contributed by atoms with van der Waals surface area (Å²) in [5.74, 6) is 0. The number of para-hydroxylation sites is 2. The highest BCUT2D eigenvalue weighted by molar-refractivity contribution is 6.48. The van der Waals surface area contributed by atoms with Crippen molar-refractivity contribution >= 4 is 9.04 Å². The number of pyridine rings is 2. The van der Waals surface area contributed by atoms with Gasteiger partial charge in [0.1, 0.15) is 0 Å². The third-order valence-corrected chi connectivity index (χ3v) is 6.49. The molecule has 1 unspecified atom stereocenters. The van der Waals surface area contributed by atoms with E-state index in [0.717, 1.165) is 16.9 Å². The molecule has 2 aromatic carbocycles. The number of aromatic nitrogens is 2. The first-order valence-electron chi connectivity index (χ1n) is 12.4. The second kappa shape index (κ2) is 12.6. The third kappa shape index (κ3) is 7.73. The van der Waals surface area contributed by atoms with Crippen molar-refractivity contribution in [2.45, 2.75) is 46.6 Å². The zero-order valence-corrected chi connectivity index (χ0v) is 23.3. The molecule has 0 bridgehead atoms. The van der Waals surface area contributed by atoms with Gasteiger partial charge in [-0.15, -0.1) is 0 Å². The van der Waals surface area contributed by atoms with Crippen LogP contribution in [0.2, 0.25) is 13.1 Å². The molecule has 1 atom stereocenters. The zero-order chi connectivity index (χ0) is 27.0. The summed E-state index contributed by atoms with van der Waals surface area (Å²) in [6.07, 6.45) is 3.47. The van der Waals surface area contributed by atoms with E-state index in [1.807, 2.05) is 72.9 Å². The minimum absolute atomic E-state index is 0.0213. The van der Waals surface area contributed by atoms with Crippen molar-refractivity contribution in [3.05, 3.63) is 129 Å². The number of hydrogen-bond donors (Lipinski definition) is 1. The summed E-state index contributed by atoms with van der Waals surface area (Å²) in [5.41, 5.74) is 3.11. The average Bonchev–Trinajstić information content (AvgIpc) is 2.88. The van der Waals surface area contributed by atoms with E-state index in [2.05, 4.69) is 33.9 Å². The quantitative estimate of drug-likeness (QED) is 0.355. The van der Waals surface area contributed by atoms with Crippen LogP contribution in [0.25, 0.3) is 11.4 Å². The molecule has 37 heavy (non-hydrogen) atoms. The smallest absolute Gasteiger partial charge is 0.255 e. The van der Waals surface area contributed by atoms with Crippen LogP contribution >= 0.6 is 0 Å². The van der Waals surface area contributed by atoms with Gasteiger partial charge in [0.25, 0.3) is 11.1 Å². The van der Waals surface area contributed by atoms with Gasteiger partial charge in [-0.25, -0.2) is 0 Å². The molecule has 0 fully saturated rings. The van der Waals surface area contributed by atoms with Crippen LogP contribution in [0.5, 0.6) is 0 Å². The maximum absolute atomic E-state index is 12.5. The van der Waals surface area contributed by atoms with Crippen molar-refractivity contribution in [2.24, 2.45) is 5.41 Å². The second-order valence-corrected chi connectivity index (χ2v) is 12.5. The lowest BCUT2D eigenvalue weighted by molar-refractivity contribution is 0.0864. The molecule has 2 aromatic heterocycles. The number of nitrogens with zero attached hydrogens (tertiary/aromatic N) is 2. The molecular weight excluding hydrogens is 480 g/mol. The summed E-state index contributed by atoms with van der Waals surface area (Å²) in [6.45, 7) is 10.7. The van der Waals surface area contributed by atoms with Crippen LogP contribution < -0.4 is 11.1 Å². The molecule has 0 saturated carbocycles. The van der Waals surface area contributed by atoms with E-state index in [1.54, 1.807) is 27.5 Å². The van der Waals surface area contributed by atoms with Gasteiger partial charge in [-0.05, 0) is 66.0 Å². The summed E-state index contributed by atoms with van der Waals surface area (Å²) < 4.78 is 9.40. The van der Waals surface area contributed by atoms with Crippen molar-refractivity contribution in [1.82, 2.24) is 9.13 Å². The van der Waals surface area contributed by atoms with Crippen LogP contribution in [0, 0.1) is 5.41 Å². The van der Waals surface area contributed by atoms with Crippen molar-refractivity contribution in [3.63, 3.8) is 0 Å². The van der Waals surface area contributed by atoms with E-state index < -0.39 is 9.04 Å². The Morgan fingerprint density at radius 2 is 1.27 bits per heavy atom. The second-order valence-electron chi connectivity index (χ2n) is 10.2. The first-order chi connectivity index (χ1) is 17.6. The van der Waals surface area contributed by atoms with Gasteiger partial charge >= 0.3 is 0 Å². The molecule has 0 radical (unpaired) electrons. The third-order valence-electron chi connectivity index (χ3n) is 5.68. The van der Waals surface area contributed by atoms with Crippen molar-refractivity contribution in [2.75, 3.05) is 0 Å². The fourth-order valence-corrected chi connectivity index (χ4v) is 5.04.